The number of nitrogens with one attached hydrogen (secondary N) is 1. The minimum absolute atomic E-state index is 0.161. The van der Waals surface area contributed by atoms with Gasteiger partial charge < -0.3 is 14.6 Å². The number of furan rings is 1. The van der Waals surface area contributed by atoms with Crippen LogP contribution >= 0.6 is 0 Å². The Morgan fingerprint density at radius 2 is 1.89 bits per heavy atom. The third kappa shape index (κ3) is 6.43. The Bertz CT molecular complexity index is 348. The summed E-state index contributed by atoms with van der Waals surface area (Å²) >= 11 is 0. The first-order valence-corrected chi connectivity index (χ1v) is 7.00. The van der Waals surface area contributed by atoms with Crippen LogP contribution in [0.4, 0.5) is 0 Å². The van der Waals surface area contributed by atoms with Crippen LogP contribution in [-0.2, 0) is 11.3 Å². The normalized spacial score (nSPS) is 11.3. The average molecular weight is 266 g/mol. The van der Waals surface area contributed by atoms with Crippen molar-refractivity contribution < 1.29 is 9.21 Å². The lowest BCUT2D eigenvalue weighted by atomic mass is 10.1. The highest BCUT2D eigenvalue weighted by atomic mass is 16.3. The van der Waals surface area contributed by atoms with E-state index in [1.54, 1.807) is 6.26 Å². The van der Waals surface area contributed by atoms with E-state index in [1.807, 2.05) is 17.0 Å². The van der Waals surface area contributed by atoms with E-state index in [0.717, 1.165) is 18.8 Å². The summed E-state index contributed by atoms with van der Waals surface area (Å²) < 4.78 is 5.22. The van der Waals surface area contributed by atoms with E-state index in [4.69, 9.17) is 4.42 Å². The number of amides is 1. The molecular formula is C15H26N2O2. The van der Waals surface area contributed by atoms with E-state index in [0.29, 0.717) is 24.9 Å². The Morgan fingerprint density at radius 3 is 2.37 bits per heavy atom. The molecule has 0 aliphatic heterocycles. The van der Waals surface area contributed by atoms with Crippen molar-refractivity contribution in [3.8, 4) is 0 Å². The summed E-state index contributed by atoms with van der Waals surface area (Å²) in [5.74, 6) is 2.00. The van der Waals surface area contributed by atoms with Gasteiger partial charge in [0.05, 0.1) is 19.4 Å². The summed E-state index contributed by atoms with van der Waals surface area (Å²) in [4.78, 5) is 14.1. The van der Waals surface area contributed by atoms with Crippen LogP contribution in [0, 0.1) is 11.8 Å². The van der Waals surface area contributed by atoms with Crippen molar-refractivity contribution >= 4 is 5.91 Å². The number of hydrogen-bond acceptors (Lipinski definition) is 3. The monoisotopic (exact) mass is 266 g/mol. The molecule has 1 rings (SSSR count). The van der Waals surface area contributed by atoms with Gasteiger partial charge in [0.15, 0.2) is 0 Å². The highest BCUT2D eigenvalue weighted by molar-refractivity contribution is 5.78. The zero-order valence-electron chi connectivity index (χ0n) is 12.5. The van der Waals surface area contributed by atoms with Gasteiger partial charge in [-0.2, -0.15) is 0 Å². The highest BCUT2D eigenvalue weighted by Crippen LogP contribution is 2.04. The molecule has 0 bridgehead atoms. The van der Waals surface area contributed by atoms with E-state index in [9.17, 15) is 4.79 Å². The standard InChI is InChI=1S/C15H26N2O2/c1-12(2)10-17(11-13(3)4)15(18)9-16-8-14-6-5-7-19-14/h5-7,12-13,16H,8-11H2,1-4H3. The minimum atomic E-state index is 0.161. The maximum atomic E-state index is 12.2. The number of carbonyl (C=O) groups excluding carboxylic acids is 1. The molecular weight excluding hydrogens is 240 g/mol. The molecule has 0 saturated heterocycles. The molecule has 0 unspecified atom stereocenters. The van der Waals surface area contributed by atoms with Crippen molar-refractivity contribution in [2.45, 2.75) is 34.2 Å². The van der Waals surface area contributed by atoms with Gasteiger partial charge in [0.1, 0.15) is 5.76 Å². The zero-order valence-corrected chi connectivity index (χ0v) is 12.5. The van der Waals surface area contributed by atoms with Crippen LogP contribution < -0.4 is 5.32 Å². The fourth-order valence-corrected chi connectivity index (χ4v) is 1.98. The van der Waals surface area contributed by atoms with E-state index in [1.165, 1.54) is 0 Å². The largest absolute Gasteiger partial charge is 0.468 e. The molecule has 0 radical (unpaired) electrons. The fraction of sp³-hybridized carbons (Fsp3) is 0.667. The maximum absolute atomic E-state index is 12.2. The van der Waals surface area contributed by atoms with Crippen LogP contribution in [0.2, 0.25) is 0 Å². The second-order valence-electron chi connectivity index (χ2n) is 5.77. The van der Waals surface area contributed by atoms with Crippen LogP contribution in [0.1, 0.15) is 33.5 Å². The Hall–Kier alpha value is -1.29. The smallest absolute Gasteiger partial charge is 0.236 e. The first-order valence-electron chi connectivity index (χ1n) is 7.00. The van der Waals surface area contributed by atoms with Crippen molar-refractivity contribution in [2.24, 2.45) is 11.8 Å². The molecule has 0 atom stereocenters. The molecule has 1 amide bonds. The molecule has 1 heterocycles. The number of hydrogen-bond donors (Lipinski definition) is 1. The number of nitrogens with zero attached hydrogens (tertiary/aromatic N) is 1. The minimum Gasteiger partial charge on any atom is -0.468 e. The topological polar surface area (TPSA) is 45.5 Å². The van der Waals surface area contributed by atoms with Crippen LogP contribution in [0.25, 0.3) is 0 Å². The van der Waals surface area contributed by atoms with Gasteiger partial charge in [-0.1, -0.05) is 27.7 Å². The van der Waals surface area contributed by atoms with Crippen LogP contribution in [-0.4, -0.2) is 30.4 Å². The fourth-order valence-electron chi connectivity index (χ4n) is 1.98. The first kappa shape index (κ1) is 15.8. The Kier molecular flexibility index (Phi) is 6.64. The molecule has 0 aliphatic rings. The summed E-state index contributed by atoms with van der Waals surface area (Å²) in [7, 11) is 0. The summed E-state index contributed by atoms with van der Waals surface area (Å²) in [5.41, 5.74) is 0. The molecule has 1 N–H and O–H groups in total. The van der Waals surface area contributed by atoms with E-state index in [-0.39, 0.29) is 5.91 Å². The van der Waals surface area contributed by atoms with E-state index >= 15 is 0 Å². The van der Waals surface area contributed by atoms with Gasteiger partial charge >= 0.3 is 0 Å². The molecule has 1 aromatic rings. The van der Waals surface area contributed by atoms with Crippen LogP contribution in [0.3, 0.4) is 0 Å². The highest BCUT2D eigenvalue weighted by Gasteiger charge is 2.15. The molecule has 0 spiro atoms. The summed E-state index contributed by atoms with van der Waals surface area (Å²) in [6, 6.07) is 3.75. The third-order valence-corrected chi connectivity index (χ3v) is 2.68. The Labute approximate surface area is 116 Å². The van der Waals surface area contributed by atoms with Gasteiger partial charge in [-0.3, -0.25) is 4.79 Å². The second kappa shape index (κ2) is 8.00. The number of carbonyl (C=O) groups is 1. The Balaban J connectivity index is 2.37. The van der Waals surface area contributed by atoms with E-state index < -0.39 is 0 Å². The van der Waals surface area contributed by atoms with E-state index in [2.05, 4.69) is 33.0 Å². The number of rotatable bonds is 8. The van der Waals surface area contributed by atoms with Gasteiger partial charge in [-0.05, 0) is 24.0 Å². The molecule has 19 heavy (non-hydrogen) atoms. The molecule has 0 fully saturated rings. The summed E-state index contributed by atoms with van der Waals surface area (Å²) in [6.45, 7) is 11.1. The average Bonchev–Trinajstić information content (AvgIpc) is 2.79. The zero-order chi connectivity index (χ0) is 14.3. The molecule has 108 valence electrons. The maximum Gasteiger partial charge on any atom is 0.236 e. The van der Waals surface area contributed by atoms with Crippen molar-refractivity contribution in [3.05, 3.63) is 24.2 Å². The van der Waals surface area contributed by atoms with Crippen LogP contribution in [0.15, 0.2) is 22.8 Å². The van der Waals surface area contributed by atoms with Crippen molar-refractivity contribution in [1.29, 1.82) is 0 Å². The predicted molar refractivity (Wildman–Crippen MR) is 76.7 cm³/mol. The lowest BCUT2D eigenvalue weighted by Crippen LogP contribution is -2.41. The molecule has 1 aromatic heterocycles. The van der Waals surface area contributed by atoms with Crippen molar-refractivity contribution in [2.75, 3.05) is 19.6 Å². The molecule has 4 heteroatoms. The SMILES string of the molecule is CC(C)CN(CC(C)C)C(=O)CNCc1ccco1. The van der Waals surface area contributed by atoms with Crippen molar-refractivity contribution in [1.82, 2.24) is 10.2 Å². The lowest BCUT2D eigenvalue weighted by molar-refractivity contribution is -0.131. The molecule has 0 saturated carbocycles. The van der Waals surface area contributed by atoms with Gasteiger partial charge in [-0.15, -0.1) is 0 Å². The Morgan fingerprint density at radius 1 is 1.26 bits per heavy atom. The van der Waals surface area contributed by atoms with Gasteiger partial charge in [0, 0.05) is 13.1 Å². The van der Waals surface area contributed by atoms with Gasteiger partial charge in [0.2, 0.25) is 5.91 Å². The molecule has 4 nitrogen and oxygen atoms in total. The second-order valence-corrected chi connectivity index (χ2v) is 5.77. The predicted octanol–water partition coefficient (Wildman–Crippen LogP) is 2.51. The molecule has 0 aliphatic carbocycles. The summed E-state index contributed by atoms with van der Waals surface area (Å²) in [5, 5.41) is 3.13. The summed E-state index contributed by atoms with van der Waals surface area (Å²) in [6.07, 6.45) is 1.64. The quantitative estimate of drug-likeness (QED) is 0.786. The van der Waals surface area contributed by atoms with Crippen molar-refractivity contribution in [3.63, 3.8) is 0 Å². The van der Waals surface area contributed by atoms with Gasteiger partial charge in [-0.25, -0.2) is 0 Å². The van der Waals surface area contributed by atoms with Crippen LogP contribution in [0.5, 0.6) is 0 Å². The third-order valence-electron chi connectivity index (χ3n) is 2.68. The first-order chi connectivity index (χ1) is 8.99. The lowest BCUT2D eigenvalue weighted by Gasteiger charge is -2.26. The molecule has 0 aromatic carbocycles. The van der Waals surface area contributed by atoms with Gasteiger partial charge in [0.25, 0.3) is 0 Å².